The molecule has 0 radical (unpaired) electrons. The summed E-state index contributed by atoms with van der Waals surface area (Å²) in [5, 5.41) is 4.69. The number of hydrazone groups is 1. The van der Waals surface area contributed by atoms with Gasteiger partial charge in [-0.25, -0.2) is 10.4 Å². The second-order valence-electron chi connectivity index (χ2n) is 7.15. The van der Waals surface area contributed by atoms with E-state index in [4.69, 9.17) is 4.74 Å². The number of hydrogen-bond donors (Lipinski definition) is 1. The topological polar surface area (TPSA) is 85.6 Å². The molecule has 1 atom stereocenters. The zero-order chi connectivity index (χ0) is 21.3. The number of hydrogen-bond acceptors (Lipinski definition) is 6. The average Bonchev–Trinajstić information content (AvgIpc) is 3.13. The van der Waals surface area contributed by atoms with E-state index in [0.29, 0.717) is 11.1 Å². The monoisotopic (exact) mass is 488 g/mol. The lowest BCUT2D eigenvalue weighted by atomic mass is 9.97. The Balaban J connectivity index is 1.52. The molecule has 2 heterocycles. The van der Waals surface area contributed by atoms with Crippen LogP contribution in [0.5, 0.6) is 5.75 Å². The maximum absolute atomic E-state index is 13.1. The number of aromatic nitrogens is 2. The van der Waals surface area contributed by atoms with Gasteiger partial charge in [-0.15, -0.1) is 11.3 Å². The molecule has 1 N–H and O–H groups in total. The van der Waals surface area contributed by atoms with E-state index in [1.54, 1.807) is 31.4 Å². The Morgan fingerprint density at radius 1 is 1.40 bits per heavy atom. The predicted octanol–water partition coefficient (Wildman–Crippen LogP) is 3.82. The zero-order valence-corrected chi connectivity index (χ0v) is 19.0. The van der Waals surface area contributed by atoms with Crippen LogP contribution in [0.3, 0.4) is 0 Å². The fourth-order valence-corrected chi connectivity index (χ4v) is 5.37. The first-order chi connectivity index (χ1) is 14.5. The molecule has 1 aliphatic carbocycles. The lowest BCUT2D eigenvalue weighted by Crippen LogP contribution is -2.34. The summed E-state index contributed by atoms with van der Waals surface area (Å²) < 4.78 is 7.37. The molecule has 7 nitrogen and oxygen atoms in total. The van der Waals surface area contributed by atoms with E-state index in [-0.39, 0.29) is 11.5 Å². The number of carbonyl (C=O) groups is 1. The van der Waals surface area contributed by atoms with E-state index in [1.807, 2.05) is 12.1 Å². The number of nitrogens with one attached hydrogen (secondary N) is 1. The summed E-state index contributed by atoms with van der Waals surface area (Å²) in [7, 11) is 1.59. The number of benzene rings is 1. The molecule has 1 aliphatic rings. The molecule has 156 valence electrons. The molecular formula is C21H21BrN4O3S. The number of carbonyl (C=O) groups excluding carboxylic acids is 1. The number of halogens is 1. The number of rotatable bonds is 5. The largest absolute Gasteiger partial charge is 0.496 e. The number of fused-ring (bicyclic) bond motifs is 3. The van der Waals surface area contributed by atoms with Gasteiger partial charge in [-0.05, 0) is 77.9 Å². The molecule has 0 saturated heterocycles. The summed E-state index contributed by atoms with van der Waals surface area (Å²) >= 11 is 5.01. The third kappa shape index (κ3) is 3.91. The SMILES string of the molecule is COc1ccc(C=NNC(=O)C(C)n2cnc3sc4c(c3c2=O)CCCC4)cc1Br. The molecule has 0 saturated carbocycles. The second-order valence-corrected chi connectivity index (χ2v) is 9.09. The van der Waals surface area contributed by atoms with Crippen molar-refractivity contribution in [2.24, 2.45) is 5.10 Å². The van der Waals surface area contributed by atoms with Gasteiger partial charge in [0.25, 0.3) is 11.5 Å². The molecule has 9 heteroatoms. The molecule has 4 rings (SSSR count). The van der Waals surface area contributed by atoms with Crippen molar-refractivity contribution in [3.05, 3.63) is 55.4 Å². The molecular weight excluding hydrogens is 468 g/mol. The molecule has 1 unspecified atom stereocenters. The van der Waals surface area contributed by atoms with Gasteiger partial charge >= 0.3 is 0 Å². The number of amides is 1. The molecule has 30 heavy (non-hydrogen) atoms. The highest BCUT2D eigenvalue weighted by Crippen LogP contribution is 2.33. The van der Waals surface area contributed by atoms with E-state index in [9.17, 15) is 9.59 Å². The van der Waals surface area contributed by atoms with Crippen molar-refractivity contribution in [3.63, 3.8) is 0 Å². The summed E-state index contributed by atoms with van der Waals surface area (Å²) in [5.74, 6) is 0.328. The van der Waals surface area contributed by atoms with Crippen LogP contribution in [0.1, 0.15) is 41.8 Å². The quantitative estimate of drug-likeness (QED) is 0.436. The maximum Gasteiger partial charge on any atom is 0.263 e. The summed E-state index contributed by atoms with van der Waals surface area (Å²) in [6, 6.07) is 4.73. The highest BCUT2D eigenvalue weighted by atomic mass is 79.9. The summed E-state index contributed by atoms with van der Waals surface area (Å²) in [4.78, 5) is 32.1. The molecule has 0 fully saturated rings. The number of nitrogens with zero attached hydrogens (tertiary/aromatic N) is 3. The fraction of sp³-hybridized carbons (Fsp3) is 0.333. The summed E-state index contributed by atoms with van der Waals surface area (Å²) in [5.41, 5.74) is 4.25. The Bertz CT molecular complexity index is 1200. The Morgan fingerprint density at radius 2 is 2.20 bits per heavy atom. The second kappa shape index (κ2) is 8.69. The first kappa shape index (κ1) is 20.7. The molecule has 3 aromatic rings. The number of aryl methyl sites for hydroxylation is 2. The Morgan fingerprint density at radius 3 is 2.97 bits per heavy atom. The standard InChI is InChI=1S/C21H21BrN4O3S/c1-12(19(27)25-24-10-13-7-8-16(29-2)15(22)9-13)26-11-23-20-18(21(26)28)14-5-3-4-6-17(14)30-20/h7-12H,3-6H2,1-2H3,(H,25,27). The Labute approximate surface area is 185 Å². The fourth-order valence-electron chi connectivity index (χ4n) is 3.59. The highest BCUT2D eigenvalue weighted by Gasteiger charge is 2.23. The molecule has 1 aromatic carbocycles. The van der Waals surface area contributed by atoms with E-state index in [0.717, 1.165) is 46.1 Å². The zero-order valence-electron chi connectivity index (χ0n) is 16.6. The van der Waals surface area contributed by atoms with Crippen LogP contribution in [0.2, 0.25) is 0 Å². The molecule has 0 spiro atoms. The third-order valence-corrected chi connectivity index (χ3v) is 7.08. The van der Waals surface area contributed by atoms with Crippen molar-refractivity contribution in [2.45, 2.75) is 38.6 Å². The van der Waals surface area contributed by atoms with Crippen molar-refractivity contribution in [2.75, 3.05) is 7.11 Å². The van der Waals surface area contributed by atoms with Crippen LogP contribution in [0.25, 0.3) is 10.2 Å². The van der Waals surface area contributed by atoms with Crippen LogP contribution in [-0.2, 0) is 17.6 Å². The van der Waals surface area contributed by atoms with E-state index in [2.05, 4.69) is 31.4 Å². The van der Waals surface area contributed by atoms with Gasteiger partial charge in [-0.3, -0.25) is 14.2 Å². The summed E-state index contributed by atoms with van der Waals surface area (Å²) in [6.45, 7) is 1.67. The lowest BCUT2D eigenvalue weighted by molar-refractivity contribution is -0.123. The number of thiophene rings is 1. The van der Waals surface area contributed by atoms with Crippen LogP contribution in [0, 0.1) is 0 Å². The maximum atomic E-state index is 13.1. The van der Waals surface area contributed by atoms with Crippen molar-refractivity contribution >= 4 is 49.6 Å². The molecule has 2 aromatic heterocycles. The normalized spacial score (nSPS) is 14.6. The van der Waals surface area contributed by atoms with Crippen LogP contribution in [0.4, 0.5) is 0 Å². The van der Waals surface area contributed by atoms with Crippen LogP contribution in [-0.4, -0.2) is 28.8 Å². The van der Waals surface area contributed by atoms with Gasteiger partial charge < -0.3 is 4.74 Å². The Kier molecular flexibility index (Phi) is 6.01. The van der Waals surface area contributed by atoms with Crippen molar-refractivity contribution in [1.29, 1.82) is 0 Å². The van der Waals surface area contributed by atoms with Crippen molar-refractivity contribution in [1.82, 2.24) is 15.0 Å². The molecule has 1 amide bonds. The summed E-state index contributed by atoms with van der Waals surface area (Å²) in [6.07, 6.45) is 7.13. The minimum absolute atomic E-state index is 0.162. The van der Waals surface area contributed by atoms with Crippen LogP contribution < -0.4 is 15.7 Å². The van der Waals surface area contributed by atoms with E-state index < -0.39 is 6.04 Å². The van der Waals surface area contributed by atoms with Gasteiger partial charge in [0, 0.05) is 4.88 Å². The number of ether oxygens (including phenoxy) is 1. The lowest BCUT2D eigenvalue weighted by Gasteiger charge is -2.14. The highest BCUT2D eigenvalue weighted by molar-refractivity contribution is 9.10. The molecule has 0 bridgehead atoms. The smallest absolute Gasteiger partial charge is 0.263 e. The minimum atomic E-state index is -0.728. The van der Waals surface area contributed by atoms with E-state index >= 15 is 0 Å². The van der Waals surface area contributed by atoms with Gasteiger partial charge in [-0.1, -0.05) is 0 Å². The first-order valence-corrected chi connectivity index (χ1v) is 11.3. The Hall–Kier alpha value is -2.52. The van der Waals surface area contributed by atoms with Gasteiger partial charge in [-0.2, -0.15) is 5.10 Å². The third-order valence-electron chi connectivity index (χ3n) is 5.26. The van der Waals surface area contributed by atoms with Crippen molar-refractivity contribution in [3.8, 4) is 5.75 Å². The minimum Gasteiger partial charge on any atom is -0.496 e. The van der Waals surface area contributed by atoms with Crippen LogP contribution >= 0.6 is 27.3 Å². The van der Waals surface area contributed by atoms with Gasteiger partial charge in [0.15, 0.2) is 0 Å². The van der Waals surface area contributed by atoms with Crippen LogP contribution in [0.15, 0.2) is 38.9 Å². The van der Waals surface area contributed by atoms with E-state index in [1.165, 1.54) is 22.0 Å². The van der Waals surface area contributed by atoms with Gasteiger partial charge in [0.2, 0.25) is 0 Å². The first-order valence-electron chi connectivity index (χ1n) is 9.67. The predicted molar refractivity (Wildman–Crippen MR) is 122 cm³/mol. The van der Waals surface area contributed by atoms with Gasteiger partial charge in [0.1, 0.15) is 16.6 Å². The van der Waals surface area contributed by atoms with Gasteiger partial charge in [0.05, 0.1) is 29.5 Å². The average molecular weight is 489 g/mol. The molecule has 0 aliphatic heterocycles. The van der Waals surface area contributed by atoms with Crippen molar-refractivity contribution < 1.29 is 9.53 Å². The number of methoxy groups -OCH3 is 1.